The number of rotatable bonds is 40. The molecule has 0 aromatic rings. The van der Waals surface area contributed by atoms with E-state index in [0.29, 0.717) is 6.42 Å². The molecule has 0 saturated carbocycles. The average molecular weight is 764 g/mol. The predicted octanol–water partition coefficient (Wildman–Crippen LogP) is 13.5. The largest absolute Gasteiger partial charge is 0.387 e. The zero-order valence-electron chi connectivity index (χ0n) is 34.6. The molecule has 0 aliphatic rings. The van der Waals surface area contributed by atoms with Gasteiger partial charge in [-0.2, -0.15) is 8.42 Å². The molecule has 2 unspecified atom stereocenters. The zero-order valence-corrected chi connectivity index (χ0v) is 35.5. The highest BCUT2D eigenvalue weighted by Gasteiger charge is 2.24. The molecule has 0 radical (unpaired) electrons. The lowest BCUT2D eigenvalue weighted by molar-refractivity contribution is -0.122. The van der Waals surface area contributed by atoms with Crippen molar-refractivity contribution in [3.63, 3.8) is 0 Å². The number of hydrogen-bond acceptors (Lipinski definition) is 4. The number of unbranched alkanes of at least 4 members (excludes halogenated alkanes) is 26. The van der Waals surface area contributed by atoms with Crippen LogP contribution in [0, 0.1) is 0 Å². The summed E-state index contributed by atoms with van der Waals surface area (Å²) in [5.41, 5.74) is 0. The molecule has 310 valence electrons. The van der Waals surface area contributed by atoms with E-state index in [9.17, 15) is 22.9 Å². The number of amides is 1. The zero-order chi connectivity index (χ0) is 38.9. The first-order valence-electron chi connectivity index (χ1n) is 22.3. The van der Waals surface area contributed by atoms with Crippen LogP contribution in [0.3, 0.4) is 0 Å². The predicted molar refractivity (Wildman–Crippen MR) is 230 cm³/mol. The van der Waals surface area contributed by atoms with E-state index in [2.05, 4.69) is 55.6 Å². The van der Waals surface area contributed by atoms with E-state index in [1.807, 2.05) is 6.08 Å². The first-order chi connectivity index (χ1) is 25.8. The number of carbonyl (C=O) groups is 1. The summed E-state index contributed by atoms with van der Waals surface area (Å²) in [6, 6.07) is -1.07. The molecule has 0 fully saturated rings. The van der Waals surface area contributed by atoms with Crippen LogP contribution in [0.1, 0.15) is 219 Å². The number of nitrogens with one attached hydrogen (secondary N) is 1. The van der Waals surface area contributed by atoms with E-state index in [-0.39, 0.29) is 12.3 Å². The summed E-state index contributed by atoms with van der Waals surface area (Å²) in [7, 11) is -4.36. The molecular weight excluding hydrogens is 679 g/mol. The van der Waals surface area contributed by atoms with E-state index in [1.54, 1.807) is 0 Å². The Balaban J connectivity index is 3.88. The maximum absolute atomic E-state index is 12.5. The van der Waals surface area contributed by atoms with Crippen LogP contribution in [-0.2, 0) is 14.9 Å². The van der Waals surface area contributed by atoms with E-state index in [1.165, 1.54) is 160 Å². The lowest BCUT2D eigenvalue weighted by Gasteiger charge is -2.21. The third-order valence-electron chi connectivity index (χ3n) is 9.98. The lowest BCUT2D eigenvalue weighted by Crippen LogP contribution is -2.46. The van der Waals surface area contributed by atoms with Crippen LogP contribution in [0.5, 0.6) is 0 Å². The van der Waals surface area contributed by atoms with Gasteiger partial charge in [-0.1, -0.05) is 197 Å². The molecule has 7 heteroatoms. The summed E-state index contributed by atoms with van der Waals surface area (Å²) in [6.45, 7) is 4.51. The van der Waals surface area contributed by atoms with E-state index < -0.39 is 28.0 Å². The average Bonchev–Trinajstić information content (AvgIpc) is 3.12. The number of aliphatic hydroxyl groups excluding tert-OH is 1. The third kappa shape index (κ3) is 41.3. The molecule has 0 aliphatic carbocycles. The van der Waals surface area contributed by atoms with Crippen LogP contribution < -0.4 is 5.32 Å². The quantitative estimate of drug-likeness (QED) is 0.0327. The molecule has 53 heavy (non-hydrogen) atoms. The van der Waals surface area contributed by atoms with Gasteiger partial charge in [0.2, 0.25) is 5.91 Å². The lowest BCUT2D eigenvalue weighted by atomic mass is 10.0. The normalized spacial score (nSPS) is 13.7. The monoisotopic (exact) mass is 764 g/mol. The summed E-state index contributed by atoms with van der Waals surface area (Å²) in [6.07, 6.45) is 53.9. The van der Waals surface area contributed by atoms with Gasteiger partial charge in [0.05, 0.1) is 17.9 Å². The van der Waals surface area contributed by atoms with Gasteiger partial charge in [0.1, 0.15) is 0 Å². The van der Waals surface area contributed by atoms with Crippen molar-refractivity contribution in [2.45, 2.75) is 231 Å². The van der Waals surface area contributed by atoms with Crippen molar-refractivity contribution in [2.75, 3.05) is 5.75 Å². The fraction of sp³-hybridized carbons (Fsp3) is 0.804. The van der Waals surface area contributed by atoms with Gasteiger partial charge in [-0.25, -0.2) is 0 Å². The minimum atomic E-state index is -4.36. The van der Waals surface area contributed by atoms with Crippen molar-refractivity contribution >= 4 is 16.0 Å². The maximum Gasteiger partial charge on any atom is 0.267 e. The number of allylic oxidation sites excluding steroid dienone is 7. The van der Waals surface area contributed by atoms with Crippen LogP contribution >= 0.6 is 0 Å². The molecule has 0 heterocycles. The first kappa shape index (κ1) is 51.3. The van der Waals surface area contributed by atoms with E-state index in [0.717, 1.165) is 38.5 Å². The molecule has 0 aliphatic heterocycles. The number of carbonyl (C=O) groups excluding carboxylic acids is 1. The second-order valence-corrected chi connectivity index (χ2v) is 16.8. The summed E-state index contributed by atoms with van der Waals surface area (Å²) in [5, 5.41) is 13.2. The Morgan fingerprint density at radius 2 is 0.868 bits per heavy atom. The molecule has 1 amide bonds. The van der Waals surface area contributed by atoms with Gasteiger partial charge in [0.15, 0.2) is 0 Å². The molecule has 0 spiro atoms. The van der Waals surface area contributed by atoms with Crippen LogP contribution in [-0.4, -0.2) is 41.9 Å². The van der Waals surface area contributed by atoms with Gasteiger partial charge < -0.3 is 10.4 Å². The Bertz CT molecular complexity index is 1020. The SMILES string of the molecule is CCCCCCC/C=C\C/C=C\CCCCCCCCCCCCCC(=O)NC(CS(=O)(=O)O)C(O)/C=C/CC/C=C/CCCCCCCCCCC. The summed E-state index contributed by atoms with van der Waals surface area (Å²) in [4.78, 5) is 12.5. The maximum atomic E-state index is 12.5. The van der Waals surface area contributed by atoms with Gasteiger partial charge in [0, 0.05) is 6.42 Å². The number of hydrogen-bond donors (Lipinski definition) is 3. The molecule has 0 rings (SSSR count). The Kier molecular flexibility index (Phi) is 38.7. The van der Waals surface area contributed by atoms with Crippen molar-refractivity contribution in [1.82, 2.24) is 5.32 Å². The molecule has 0 aromatic heterocycles. The fourth-order valence-electron chi connectivity index (χ4n) is 6.61. The standard InChI is InChI=1S/C46H85NO5S/c1-3-5-7-9-11-13-15-17-19-20-21-22-23-24-25-26-28-30-32-34-36-38-40-42-46(49)47-44(43-53(50,51)52)45(48)41-39-37-35-33-31-29-27-18-16-14-12-10-8-6-4-2/h15,17,20-21,31,33,39,41,44-45,48H,3-14,16,18-19,22-30,32,34-38,40,42-43H2,1-2H3,(H,47,49)(H,50,51,52)/b17-15-,21-20-,33-31+,41-39+. The van der Waals surface area contributed by atoms with Gasteiger partial charge in [0.25, 0.3) is 10.1 Å². The van der Waals surface area contributed by atoms with Gasteiger partial charge in [-0.3, -0.25) is 9.35 Å². The van der Waals surface area contributed by atoms with Gasteiger partial charge in [-0.05, 0) is 64.2 Å². The van der Waals surface area contributed by atoms with Crippen LogP contribution in [0.2, 0.25) is 0 Å². The fourth-order valence-corrected chi connectivity index (χ4v) is 7.35. The molecular formula is C46H85NO5S. The highest BCUT2D eigenvalue weighted by molar-refractivity contribution is 7.85. The Morgan fingerprint density at radius 3 is 1.30 bits per heavy atom. The molecule has 0 aromatic carbocycles. The highest BCUT2D eigenvalue weighted by atomic mass is 32.2. The van der Waals surface area contributed by atoms with Crippen molar-refractivity contribution < 1.29 is 22.9 Å². The summed E-state index contributed by atoms with van der Waals surface area (Å²) < 4.78 is 32.5. The van der Waals surface area contributed by atoms with Crippen LogP contribution in [0.15, 0.2) is 48.6 Å². The summed E-state index contributed by atoms with van der Waals surface area (Å²) >= 11 is 0. The van der Waals surface area contributed by atoms with Crippen molar-refractivity contribution in [3.8, 4) is 0 Å². The highest BCUT2D eigenvalue weighted by Crippen LogP contribution is 2.14. The van der Waals surface area contributed by atoms with Gasteiger partial charge >= 0.3 is 0 Å². The van der Waals surface area contributed by atoms with E-state index >= 15 is 0 Å². The second kappa shape index (κ2) is 40.0. The molecule has 0 saturated heterocycles. The second-order valence-electron chi connectivity index (χ2n) is 15.3. The van der Waals surface area contributed by atoms with Gasteiger partial charge in [-0.15, -0.1) is 0 Å². The topological polar surface area (TPSA) is 104 Å². The molecule has 2 atom stereocenters. The van der Waals surface area contributed by atoms with Crippen molar-refractivity contribution in [1.29, 1.82) is 0 Å². The minimum absolute atomic E-state index is 0.285. The third-order valence-corrected chi connectivity index (χ3v) is 10.8. The number of aliphatic hydroxyl groups is 1. The molecule has 6 nitrogen and oxygen atoms in total. The van der Waals surface area contributed by atoms with Crippen LogP contribution in [0.25, 0.3) is 0 Å². The first-order valence-corrected chi connectivity index (χ1v) is 23.9. The van der Waals surface area contributed by atoms with Crippen molar-refractivity contribution in [2.24, 2.45) is 0 Å². The molecule has 3 N–H and O–H groups in total. The van der Waals surface area contributed by atoms with Crippen molar-refractivity contribution in [3.05, 3.63) is 48.6 Å². The summed E-state index contributed by atoms with van der Waals surface area (Å²) in [5.74, 6) is -1.00. The minimum Gasteiger partial charge on any atom is -0.387 e. The van der Waals surface area contributed by atoms with Crippen LogP contribution in [0.4, 0.5) is 0 Å². The molecule has 0 bridgehead atoms. The smallest absolute Gasteiger partial charge is 0.267 e. The van der Waals surface area contributed by atoms with E-state index in [4.69, 9.17) is 0 Å². The Hall–Kier alpha value is -1.70. The Morgan fingerprint density at radius 1 is 0.509 bits per heavy atom. The Labute approximate surface area is 329 Å².